The summed E-state index contributed by atoms with van der Waals surface area (Å²) < 4.78 is 27.3. The first kappa shape index (κ1) is 17.9. The largest absolute Gasteiger partial charge is 0.477 e. The van der Waals surface area contributed by atoms with Crippen molar-refractivity contribution in [2.45, 2.75) is 31.2 Å². The standard InChI is InChI=1S/C16H18N2O5S/c1-16(2,3)18-24(22,23)12-6-4-5-10(7-12)11-8-13(15(20)21)14(19)17-9-11/h4-9,18H,1-3H3,(H,17,19)(H,20,21). The molecule has 0 saturated carbocycles. The van der Waals surface area contributed by atoms with E-state index >= 15 is 0 Å². The number of nitrogens with one attached hydrogen (secondary N) is 2. The molecule has 0 radical (unpaired) electrons. The van der Waals surface area contributed by atoms with Crippen molar-refractivity contribution in [2.75, 3.05) is 0 Å². The van der Waals surface area contributed by atoms with Gasteiger partial charge in [-0.3, -0.25) is 4.79 Å². The number of aromatic nitrogens is 1. The van der Waals surface area contributed by atoms with Crippen molar-refractivity contribution < 1.29 is 18.3 Å². The van der Waals surface area contributed by atoms with Crippen LogP contribution in [0.4, 0.5) is 0 Å². The molecule has 0 atom stereocenters. The molecule has 0 bridgehead atoms. The number of benzene rings is 1. The van der Waals surface area contributed by atoms with Crippen LogP contribution in [0.3, 0.4) is 0 Å². The zero-order valence-corrected chi connectivity index (χ0v) is 14.3. The molecule has 0 aliphatic heterocycles. The van der Waals surface area contributed by atoms with Crippen molar-refractivity contribution in [1.82, 2.24) is 9.71 Å². The Kier molecular flexibility index (Phi) is 4.63. The van der Waals surface area contributed by atoms with Crippen LogP contribution in [-0.2, 0) is 10.0 Å². The van der Waals surface area contributed by atoms with Crippen molar-refractivity contribution in [1.29, 1.82) is 0 Å². The molecule has 24 heavy (non-hydrogen) atoms. The van der Waals surface area contributed by atoms with E-state index in [4.69, 9.17) is 5.11 Å². The van der Waals surface area contributed by atoms with Crippen LogP contribution in [0.2, 0.25) is 0 Å². The zero-order valence-electron chi connectivity index (χ0n) is 13.5. The van der Waals surface area contributed by atoms with Gasteiger partial charge in [0.25, 0.3) is 5.56 Å². The molecule has 0 fully saturated rings. The Morgan fingerprint density at radius 1 is 1.17 bits per heavy atom. The Hall–Kier alpha value is -2.45. The van der Waals surface area contributed by atoms with Crippen LogP contribution in [0.5, 0.6) is 0 Å². The number of aromatic amines is 1. The highest BCUT2D eigenvalue weighted by Crippen LogP contribution is 2.22. The molecule has 0 saturated heterocycles. The van der Waals surface area contributed by atoms with E-state index < -0.39 is 32.7 Å². The monoisotopic (exact) mass is 350 g/mol. The second-order valence-electron chi connectivity index (χ2n) is 6.32. The minimum Gasteiger partial charge on any atom is -0.477 e. The lowest BCUT2D eigenvalue weighted by Crippen LogP contribution is -2.40. The van der Waals surface area contributed by atoms with Gasteiger partial charge in [0, 0.05) is 11.7 Å². The van der Waals surface area contributed by atoms with Gasteiger partial charge in [-0.2, -0.15) is 0 Å². The fourth-order valence-corrected chi connectivity index (χ4v) is 3.58. The number of sulfonamides is 1. The summed E-state index contributed by atoms with van der Waals surface area (Å²) in [6, 6.07) is 7.27. The maximum absolute atomic E-state index is 12.4. The van der Waals surface area contributed by atoms with Gasteiger partial charge in [-0.15, -0.1) is 0 Å². The molecule has 8 heteroatoms. The highest BCUT2D eigenvalue weighted by molar-refractivity contribution is 7.89. The molecule has 0 spiro atoms. The van der Waals surface area contributed by atoms with Crippen LogP contribution >= 0.6 is 0 Å². The van der Waals surface area contributed by atoms with E-state index in [9.17, 15) is 18.0 Å². The third-order valence-electron chi connectivity index (χ3n) is 3.05. The maximum atomic E-state index is 12.4. The lowest BCUT2D eigenvalue weighted by atomic mass is 10.1. The van der Waals surface area contributed by atoms with E-state index in [0.29, 0.717) is 11.1 Å². The number of carboxylic acids is 1. The second-order valence-corrected chi connectivity index (χ2v) is 8.00. The SMILES string of the molecule is CC(C)(C)NS(=O)(=O)c1cccc(-c2c[nH]c(=O)c(C(=O)O)c2)c1. The van der Waals surface area contributed by atoms with Gasteiger partial charge < -0.3 is 10.1 Å². The van der Waals surface area contributed by atoms with E-state index in [1.54, 1.807) is 32.9 Å². The molecule has 2 aromatic rings. The first-order valence-electron chi connectivity index (χ1n) is 7.10. The number of pyridine rings is 1. The maximum Gasteiger partial charge on any atom is 0.341 e. The molecule has 128 valence electrons. The molecule has 3 N–H and O–H groups in total. The van der Waals surface area contributed by atoms with E-state index in [0.717, 1.165) is 0 Å². The predicted molar refractivity (Wildman–Crippen MR) is 89.5 cm³/mol. The van der Waals surface area contributed by atoms with Gasteiger partial charge >= 0.3 is 5.97 Å². The molecule has 0 aliphatic carbocycles. The van der Waals surface area contributed by atoms with Gasteiger partial charge in [0.1, 0.15) is 5.56 Å². The summed E-state index contributed by atoms with van der Waals surface area (Å²) in [5.41, 5.74) is -0.883. The fourth-order valence-electron chi connectivity index (χ4n) is 2.11. The van der Waals surface area contributed by atoms with Crippen molar-refractivity contribution in [3.63, 3.8) is 0 Å². The predicted octanol–water partition coefficient (Wildman–Crippen LogP) is 1.82. The van der Waals surface area contributed by atoms with Crippen LogP contribution < -0.4 is 10.3 Å². The van der Waals surface area contributed by atoms with E-state index in [2.05, 4.69) is 9.71 Å². The van der Waals surface area contributed by atoms with E-state index in [-0.39, 0.29) is 4.90 Å². The number of carbonyl (C=O) groups is 1. The molecule has 0 amide bonds. The number of rotatable bonds is 4. The van der Waals surface area contributed by atoms with Crippen LogP contribution in [0, 0.1) is 0 Å². The second kappa shape index (κ2) is 6.21. The lowest BCUT2D eigenvalue weighted by Gasteiger charge is -2.20. The van der Waals surface area contributed by atoms with Crippen LogP contribution in [0.1, 0.15) is 31.1 Å². The minimum absolute atomic E-state index is 0.0537. The van der Waals surface area contributed by atoms with Crippen LogP contribution in [0.15, 0.2) is 46.2 Å². The lowest BCUT2D eigenvalue weighted by molar-refractivity contribution is 0.0695. The van der Waals surface area contributed by atoms with Crippen LogP contribution in [0.25, 0.3) is 11.1 Å². The topological polar surface area (TPSA) is 116 Å². The zero-order chi connectivity index (χ0) is 18.1. The van der Waals surface area contributed by atoms with Gasteiger partial charge in [-0.1, -0.05) is 12.1 Å². The minimum atomic E-state index is -3.72. The number of hydrogen-bond donors (Lipinski definition) is 3. The average Bonchev–Trinajstić information content (AvgIpc) is 2.45. The number of aromatic carboxylic acids is 1. The molecule has 1 heterocycles. The molecular formula is C16H18N2O5S. The summed E-state index contributed by atoms with van der Waals surface area (Å²) >= 11 is 0. The molecule has 1 aromatic heterocycles. The highest BCUT2D eigenvalue weighted by atomic mass is 32.2. The Bertz CT molecular complexity index is 939. The third-order valence-corrected chi connectivity index (χ3v) is 4.81. The van der Waals surface area contributed by atoms with E-state index in [1.807, 2.05) is 0 Å². The summed E-state index contributed by atoms with van der Waals surface area (Å²) in [7, 11) is -3.72. The summed E-state index contributed by atoms with van der Waals surface area (Å²) in [5.74, 6) is -1.35. The van der Waals surface area contributed by atoms with Crippen molar-refractivity contribution in [3.8, 4) is 11.1 Å². The number of hydrogen-bond acceptors (Lipinski definition) is 4. The first-order chi connectivity index (χ1) is 11.0. The Labute approximate surface area is 139 Å². The fraction of sp³-hybridized carbons (Fsp3) is 0.250. The van der Waals surface area contributed by atoms with Gasteiger partial charge in [0.2, 0.25) is 10.0 Å². The number of carboxylic acid groups (broad SMARTS) is 1. The smallest absolute Gasteiger partial charge is 0.341 e. The van der Waals surface area contributed by atoms with Crippen molar-refractivity contribution in [3.05, 3.63) is 52.4 Å². The third kappa shape index (κ3) is 4.09. The first-order valence-corrected chi connectivity index (χ1v) is 8.58. The number of H-pyrrole nitrogens is 1. The normalized spacial score (nSPS) is 12.1. The van der Waals surface area contributed by atoms with Gasteiger partial charge in [0.15, 0.2) is 0 Å². The van der Waals surface area contributed by atoms with Crippen molar-refractivity contribution in [2.24, 2.45) is 0 Å². The molecule has 0 unspecified atom stereocenters. The van der Waals surface area contributed by atoms with Crippen molar-refractivity contribution >= 4 is 16.0 Å². The summed E-state index contributed by atoms with van der Waals surface area (Å²) in [5, 5.41) is 9.02. The highest BCUT2D eigenvalue weighted by Gasteiger charge is 2.22. The Balaban J connectivity index is 2.51. The Morgan fingerprint density at radius 3 is 2.42 bits per heavy atom. The molecule has 1 aromatic carbocycles. The molecule has 2 rings (SSSR count). The van der Waals surface area contributed by atoms with Gasteiger partial charge in [-0.25, -0.2) is 17.9 Å². The molecule has 7 nitrogen and oxygen atoms in total. The Morgan fingerprint density at radius 2 is 1.83 bits per heavy atom. The summed E-state index contributed by atoms with van der Waals surface area (Å²) in [6.07, 6.45) is 1.34. The van der Waals surface area contributed by atoms with Gasteiger partial charge in [0.05, 0.1) is 4.90 Å². The average molecular weight is 350 g/mol. The van der Waals surface area contributed by atoms with E-state index in [1.165, 1.54) is 24.4 Å². The quantitative estimate of drug-likeness (QED) is 0.778. The molecular weight excluding hydrogens is 332 g/mol. The summed E-state index contributed by atoms with van der Waals surface area (Å²) in [4.78, 5) is 24.9. The summed E-state index contributed by atoms with van der Waals surface area (Å²) in [6.45, 7) is 5.19. The van der Waals surface area contributed by atoms with Gasteiger partial charge in [-0.05, 0) is 50.1 Å². The van der Waals surface area contributed by atoms with Crippen LogP contribution in [-0.4, -0.2) is 30.0 Å². The molecule has 0 aliphatic rings.